The van der Waals surface area contributed by atoms with Gasteiger partial charge in [0, 0.05) is 19.2 Å². The lowest BCUT2D eigenvalue weighted by atomic mass is 10.1. The Kier molecular flexibility index (Phi) is 6.62. The number of hydrogen-bond acceptors (Lipinski definition) is 4. The molecular formula is C13H21NO3. The van der Waals surface area contributed by atoms with Crippen LogP contribution in [0.25, 0.3) is 0 Å². The molecule has 0 radical (unpaired) electrons. The first-order valence-electron chi connectivity index (χ1n) is 5.88. The molecule has 0 amide bonds. The van der Waals surface area contributed by atoms with E-state index in [2.05, 4.69) is 5.32 Å². The highest BCUT2D eigenvalue weighted by Crippen LogP contribution is 2.24. The number of aliphatic hydroxyl groups excluding tert-OH is 1. The molecule has 1 rings (SSSR count). The Morgan fingerprint density at radius 2 is 2.12 bits per heavy atom. The maximum Gasteiger partial charge on any atom is 0.124 e. The van der Waals surface area contributed by atoms with Crippen LogP contribution in [0.5, 0.6) is 5.75 Å². The van der Waals surface area contributed by atoms with Gasteiger partial charge in [0.2, 0.25) is 0 Å². The van der Waals surface area contributed by atoms with Crippen molar-refractivity contribution in [2.24, 2.45) is 0 Å². The van der Waals surface area contributed by atoms with Crippen molar-refractivity contribution in [3.63, 3.8) is 0 Å². The van der Waals surface area contributed by atoms with E-state index in [4.69, 9.17) is 9.47 Å². The molecule has 0 aliphatic rings. The van der Waals surface area contributed by atoms with E-state index in [-0.39, 0.29) is 12.6 Å². The topological polar surface area (TPSA) is 50.7 Å². The zero-order valence-corrected chi connectivity index (χ0v) is 10.5. The summed E-state index contributed by atoms with van der Waals surface area (Å²) in [6.45, 7) is 3.92. The average Bonchev–Trinajstić information content (AvgIpc) is 2.36. The van der Waals surface area contributed by atoms with Crippen LogP contribution >= 0.6 is 0 Å². The number of nitrogens with one attached hydrogen (secondary N) is 1. The van der Waals surface area contributed by atoms with Gasteiger partial charge in [-0.3, -0.25) is 0 Å². The van der Waals surface area contributed by atoms with Crippen molar-refractivity contribution >= 4 is 0 Å². The SMILES string of the molecule is CCOc1ccccc1C(CO)NCCOC. The minimum absolute atomic E-state index is 0.0355. The molecule has 0 aromatic heterocycles. The van der Waals surface area contributed by atoms with Crippen LogP contribution in [0, 0.1) is 0 Å². The van der Waals surface area contributed by atoms with E-state index in [1.807, 2.05) is 31.2 Å². The van der Waals surface area contributed by atoms with Crippen LogP contribution in [0.2, 0.25) is 0 Å². The first-order chi connectivity index (χ1) is 8.33. The van der Waals surface area contributed by atoms with Gasteiger partial charge in [0.15, 0.2) is 0 Å². The number of hydrogen-bond donors (Lipinski definition) is 2. The van der Waals surface area contributed by atoms with Gasteiger partial charge in [-0.1, -0.05) is 18.2 Å². The fraction of sp³-hybridized carbons (Fsp3) is 0.538. The Labute approximate surface area is 103 Å². The zero-order valence-electron chi connectivity index (χ0n) is 10.5. The predicted octanol–water partition coefficient (Wildman–Crippen LogP) is 1.35. The summed E-state index contributed by atoms with van der Waals surface area (Å²) >= 11 is 0. The molecule has 2 N–H and O–H groups in total. The molecule has 0 aliphatic carbocycles. The molecule has 1 atom stereocenters. The average molecular weight is 239 g/mol. The molecule has 0 fully saturated rings. The van der Waals surface area contributed by atoms with Crippen molar-refractivity contribution in [3.8, 4) is 5.75 Å². The van der Waals surface area contributed by atoms with Crippen molar-refractivity contribution in [2.75, 3.05) is 33.5 Å². The maximum absolute atomic E-state index is 9.41. The van der Waals surface area contributed by atoms with Crippen LogP contribution in [0.1, 0.15) is 18.5 Å². The summed E-state index contributed by atoms with van der Waals surface area (Å²) in [5.74, 6) is 0.818. The number of para-hydroxylation sites is 1. The molecule has 0 spiro atoms. The first kappa shape index (κ1) is 14.0. The van der Waals surface area contributed by atoms with Crippen molar-refractivity contribution in [1.29, 1.82) is 0 Å². The Bertz CT molecular complexity index is 317. The standard InChI is InChI=1S/C13H21NO3/c1-3-17-13-7-5-4-6-11(13)12(10-15)14-8-9-16-2/h4-7,12,14-15H,3,8-10H2,1-2H3. The second-order valence-corrected chi connectivity index (χ2v) is 3.65. The molecular weight excluding hydrogens is 218 g/mol. The highest BCUT2D eigenvalue weighted by atomic mass is 16.5. The Morgan fingerprint density at radius 1 is 1.35 bits per heavy atom. The quantitative estimate of drug-likeness (QED) is 0.672. The molecule has 4 nitrogen and oxygen atoms in total. The van der Waals surface area contributed by atoms with Crippen LogP contribution in [-0.2, 0) is 4.74 Å². The molecule has 1 aromatic rings. The van der Waals surface area contributed by atoms with Crippen molar-refractivity contribution in [1.82, 2.24) is 5.32 Å². The summed E-state index contributed by atoms with van der Waals surface area (Å²) in [5, 5.41) is 12.6. The monoisotopic (exact) mass is 239 g/mol. The normalized spacial score (nSPS) is 12.4. The van der Waals surface area contributed by atoms with Gasteiger partial charge >= 0.3 is 0 Å². The second kappa shape index (κ2) is 8.06. The van der Waals surface area contributed by atoms with Crippen LogP contribution in [0.3, 0.4) is 0 Å². The molecule has 0 saturated carbocycles. The third kappa shape index (κ3) is 4.34. The highest BCUT2D eigenvalue weighted by molar-refractivity contribution is 5.36. The number of rotatable bonds is 8. The highest BCUT2D eigenvalue weighted by Gasteiger charge is 2.14. The summed E-state index contributed by atoms with van der Waals surface area (Å²) in [5.41, 5.74) is 0.980. The molecule has 0 bridgehead atoms. The molecule has 0 aliphatic heterocycles. The van der Waals surface area contributed by atoms with Crippen molar-refractivity contribution in [2.45, 2.75) is 13.0 Å². The Balaban J connectivity index is 2.72. The van der Waals surface area contributed by atoms with Gasteiger partial charge in [-0.25, -0.2) is 0 Å². The molecule has 0 heterocycles. The molecule has 1 unspecified atom stereocenters. The lowest BCUT2D eigenvalue weighted by Gasteiger charge is -2.19. The van der Waals surface area contributed by atoms with Crippen molar-refractivity contribution in [3.05, 3.63) is 29.8 Å². The fourth-order valence-electron chi connectivity index (χ4n) is 1.66. The fourth-order valence-corrected chi connectivity index (χ4v) is 1.66. The number of methoxy groups -OCH3 is 1. The summed E-state index contributed by atoms with van der Waals surface area (Å²) in [7, 11) is 1.66. The predicted molar refractivity (Wildman–Crippen MR) is 67.3 cm³/mol. The lowest BCUT2D eigenvalue weighted by Crippen LogP contribution is -2.28. The van der Waals surface area contributed by atoms with E-state index >= 15 is 0 Å². The van der Waals surface area contributed by atoms with Crippen LogP contribution in [-0.4, -0.2) is 38.6 Å². The van der Waals surface area contributed by atoms with Gasteiger partial charge in [-0.2, -0.15) is 0 Å². The summed E-state index contributed by atoms with van der Waals surface area (Å²) in [6.07, 6.45) is 0. The molecule has 17 heavy (non-hydrogen) atoms. The lowest BCUT2D eigenvalue weighted by molar-refractivity contribution is 0.183. The van der Waals surface area contributed by atoms with Crippen LogP contribution in [0.15, 0.2) is 24.3 Å². The summed E-state index contributed by atoms with van der Waals surface area (Å²) in [4.78, 5) is 0. The van der Waals surface area contributed by atoms with Gasteiger partial charge in [-0.15, -0.1) is 0 Å². The van der Waals surface area contributed by atoms with Crippen LogP contribution < -0.4 is 10.1 Å². The van der Waals surface area contributed by atoms with E-state index in [1.54, 1.807) is 7.11 Å². The van der Waals surface area contributed by atoms with E-state index in [1.165, 1.54) is 0 Å². The summed E-state index contributed by atoms with van der Waals surface area (Å²) < 4.78 is 10.5. The van der Waals surface area contributed by atoms with Gasteiger partial charge in [0.05, 0.1) is 25.9 Å². The molecule has 4 heteroatoms. The minimum Gasteiger partial charge on any atom is -0.494 e. The largest absolute Gasteiger partial charge is 0.494 e. The summed E-state index contributed by atoms with van der Waals surface area (Å²) in [6, 6.07) is 7.63. The van der Waals surface area contributed by atoms with Gasteiger partial charge < -0.3 is 19.9 Å². The maximum atomic E-state index is 9.41. The number of ether oxygens (including phenoxy) is 2. The zero-order chi connectivity index (χ0) is 12.5. The molecule has 96 valence electrons. The first-order valence-corrected chi connectivity index (χ1v) is 5.88. The van der Waals surface area contributed by atoms with E-state index in [0.29, 0.717) is 19.8 Å². The Morgan fingerprint density at radius 3 is 2.76 bits per heavy atom. The molecule has 1 aromatic carbocycles. The van der Waals surface area contributed by atoms with E-state index in [0.717, 1.165) is 11.3 Å². The third-order valence-corrected chi connectivity index (χ3v) is 2.47. The van der Waals surface area contributed by atoms with Gasteiger partial charge in [0.1, 0.15) is 5.75 Å². The van der Waals surface area contributed by atoms with Gasteiger partial charge in [-0.05, 0) is 13.0 Å². The molecule has 0 saturated heterocycles. The number of aliphatic hydroxyl groups is 1. The number of benzene rings is 1. The van der Waals surface area contributed by atoms with Gasteiger partial charge in [0.25, 0.3) is 0 Å². The van der Waals surface area contributed by atoms with E-state index in [9.17, 15) is 5.11 Å². The second-order valence-electron chi connectivity index (χ2n) is 3.65. The minimum atomic E-state index is -0.118. The van der Waals surface area contributed by atoms with Crippen LogP contribution in [0.4, 0.5) is 0 Å². The Hall–Kier alpha value is -1.10. The van der Waals surface area contributed by atoms with E-state index < -0.39 is 0 Å². The van der Waals surface area contributed by atoms with Crippen molar-refractivity contribution < 1.29 is 14.6 Å². The smallest absolute Gasteiger partial charge is 0.124 e. The third-order valence-electron chi connectivity index (χ3n) is 2.47.